The number of rotatable bonds is 6. The van der Waals surface area contributed by atoms with Crippen molar-refractivity contribution in [3.8, 4) is 0 Å². The summed E-state index contributed by atoms with van der Waals surface area (Å²) in [6.45, 7) is 5.29. The van der Waals surface area contributed by atoms with Crippen LogP contribution in [0.5, 0.6) is 0 Å². The van der Waals surface area contributed by atoms with Gasteiger partial charge in [0.15, 0.2) is 0 Å². The summed E-state index contributed by atoms with van der Waals surface area (Å²) in [6, 6.07) is 8.19. The largest absolute Gasteiger partial charge is 0.316 e. The number of nitrogens with one attached hydrogen (secondary N) is 1. The maximum atomic E-state index is 6.00. The molecule has 1 aliphatic heterocycles. The number of nitrogens with zero attached hydrogens (tertiary/aromatic N) is 3. The molecule has 0 aliphatic carbocycles. The number of hydrogen-bond acceptors (Lipinski definition) is 3. The number of piperidine rings is 1. The zero-order chi connectivity index (χ0) is 16.1. The van der Waals surface area contributed by atoms with E-state index in [1.165, 1.54) is 24.0 Å². The van der Waals surface area contributed by atoms with E-state index in [0.717, 1.165) is 43.7 Å². The summed E-state index contributed by atoms with van der Waals surface area (Å²) in [4.78, 5) is 2.53. The summed E-state index contributed by atoms with van der Waals surface area (Å²) in [6.07, 6.45) is 6.67. The summed E-state index contributed by atoms with van der Waals surface area (Å²) in [7, 11) is 1.97. The lowest BCUT2D eigenvalue weighted by Gasteiger charge is -2.30. The van der Waals surface area contributed by atoms with Gasteiger partial charge in [0.05, 0.1) is 6.20 Å². The average molecular weight is 369 g/mol. The van der Waals surface area contributed by atoms with Gasteiger partial charge in [0.1, 0.15) is 0 Å². The van der Waals surface area contributed by atoms with Gasteiger partial charge >= 0.3 is 0 Å². The van der Waals surface area contributed by atoms with Gasteiger partial charge in [0.2, 0.25) is 0 Å². The Morgan fingerprint density at radius 1 is 1.25 bits per heavy atom. The minimum Gasteiger partial charge on any atom is -0.316 e. The monoisotopic (exact) mass is 368 g/mol. The molecule has 1 aromatic carbocycles. The summed E-state index contributed by atoms with van der Waals surface area (Å²) in [5.74, 6) is 0.729. The number of halogens is 2. The number of hydrogen-bond donors (Lipinski definition) is 1. The lowest BCUT2D eigenvalue weighted by atomic mass is 9.98. The lowest BCUT2D eigenvalue weighted by Crippen LogP contribution is -2.37. The number of aryl methyl sites for hydroxylation is 1. The van der Waals surface area contributed by atoms with E-state index in [2.05, 4.69) is 33.6 Å². The second-order valence-corrected chi connectivity index (χ2v) is 6.97. The van der Waals surface area contributed by atoms with Gasteiger partial charge < -0.3 is 5.32 Å². The molecular weight excluding hydrogens is 343 g/mol. The molecule has 4 nitrogen and oxygen atoms in total. The van der Waals surface area contributed by atoms with Crippen LogP contribution in [0.4, 0.5) is 0 Å². The highest BCUT2D eigenvalue weighted by molar-refractivity contribution is 6.30. The van der Waals surface area contributed by atoms with Crippen LogP contribution in [-0.4, -0.2) is 34.3 Å². The zero-order valence-electron chi connectivity index (χ0n) is 14.1. The fourth-order valence-electron chi connectivity index (χ4n) is 3.29. The molecule has 1 fully saturated rings. The van der Waals surface area contributed by atoms with Crippen LogP contribution < -0.4 is 5.32 Å². The molecule has 1 aromatic heterocycles. The second-order valence-electron chi connectivity index (χ2n) is 6.53. The van der Waals surface area contributed by atoms with E-state index in [0.29, 0.717) is 0 Å². The van der Waals surface area contributed by atoms with Gasteiger partial charge in [-0.2, -0.15) is 5.10 Å². The van der Waals surface area contributed by atoms with Crippen molar-refractivity contribution in [1.82, 2.24) is 20.0 Å². The van der Waals surface area contributed by atoms with E-state index in [-0.39, 0.29) is 12.4 Å². The van der Waals surface area contributed by atoms with Crippen LogP contribution in [0.15, 0.2) is 36.7 Å². The SMILES string of the molecule is Cl.Cn1cc(CN(Cc2ccc(Cl)cc2)CC2CCCNC2)cn1. The maximum absolute atomic E-state index is 6.00. The Morgan fingerprint density at radius 3 is 2.62 bits per heavy atom. The molecule has 0 saturated carbocycles. The smallest absolute Gasteiger partial charge is 0.0534 e. The van der Waals surface area contributed by atoms with Crippen LogP contribution in [0.1, 0.15) is 24.0 Å². The Balaban J connectivity index is 0.00000208. The molecule has 24 heavy (non-hydrogen) atoms. The third kappa shape index (κ3) is 5.78. The fraction of sp³-hybridized carbons (Fsp3) is 0.500. The number of aromatic nitrogens is 2. The zero-order valence-corrected chi connectivity index (χ0v) is 15.7. The number of benzene rings is 1. The second kappa shape index (κ2) is 9.42. The minimum absolute atomic E-state index is 0. The molecule has 1 atom stereocenters. The molecule has 0 amide bonds. The van der Waals surface area contributed by atoms with Crippen molar-refractivity contribution in [3.05, 3.63) is 52.8 Å². The first-order chi connectivity index (χ1) is 11.2. The van der Waals surface area contributed by atoms with E-state index in [1.54, 1.807) is 0 Å². The predicted molar refractivity (Wildman–Crippen MR) is 102 cm³/mol. The molecule has 0 radical (unpaired) electrons. The molecule has 0 bridgehead atoms. The van der Waals surface area contributed by atoms with Gasteiger partial charge in [-0.25, -0.2) is 0 Å². The Morgan fingerprint density at radius 2 is 2.00 bits per heavy atom. The molecule has 2 aromatic rings. The molecule has 3 rings (SSSR count). The van der Waals surface area contributed by atoms with Gasteiger partial charge in [-0.05, 0) is 49.5 Å². The van der Waals surface area contributed by atoms with E-state index in [9.17, 15) is 0 Å². The Kier molecular flexibility index (Phi) is 7.56. The van der Waals surface area contributed by atoms with Gasteiger partial charge in [-0.1, -0.05) is 23.7 Å². The fourth-order valence-corrected chi connectivity index (χ4v) is 3.42. The molecule has 1 unspecified atom stereocenters. The Hall–Kier alpha value is -1.07. The highest BCUT2D eigenvalue weighted by atomic mass is 35.5. The normalized spacial score (nSPS) is 17.7. The first-order valence-electron chi connectivity index (χ1n) is 8.34. The quantitative estimate of drug-likeness (QED) is 0.846. The molecule has 6 heteroatoms. The van der Waals surface area contributed by atoms with Crippen LogP contribution in [0.3, 0.4) is 0 Å². The average Bonchev–Trinajstić information content (AvgIpc) is 2.95. The summed E-state index contributed by atoms with van der Waals surface area (Å²) < 4.78 is 1.87. The van der Waals surface area contributed by atoms with Crippen molar-refractivity contribution in [2.75, 3.05) is 19.6 Å². The van der Waals surface area contributed by atoms with E-state index >= 15 is 0 Å². The van der Waals surface area contributed by atoms with Crippen molar-refractivity contribution in [2.45, 2.75) is 25.9 Å². The van der Waals surface area contributed by atoms with Gasteiger partial charge in [-0.15, -0.1) is 12.4 Å². The topological polar surface area (TPSA) is 33.1 Å². The standard InChI is InChI=1S/C18H25ClN4.ClH/c1-22-11-17(10-21-22)14-23(13-16-3-2-8-20-9-16)12-15-4-6-18(19)7-5-15;/h4-7,10-11,16,20H,2-3,8-9,12-14H2,1H3;1H. The molecule has 1 N–H and O–H groups in total. The van der Waals surface area contributed by atoms with Crippen LogP contribution in [-0.2, 0) is 20.1 Å². The van der Waals surface area contributed by atoms with Crippen LogP contribution in [0, 0.1) is 5.92 Å². The Bertz CT molecular complexity index is 606. The van der Waals surface area contributed by atoms with Crippen molar-refractivity contribution < 1.29 is 0 Å². The summed E-state index contributed by atoms with van der Waals surface area (Å²) in [5, 5.41) is 8.61. The predicted octanol–water partition coefficient (Wildman–Crippen LogP) is 3.50. The maximum Gasteiger partial charge on any atom is 0.0534 e. The van der Waals surface area contributed by atoms with E-state index in [4.69, 9.17) is 11.6 Å². The first-order valence-corrected chi connectivity index (χ1v) is 8.72. The highest BCUT2D eigenvalue weighted by Crippen LogP contribution is 2.17. The summed E-state index contributed by atoms with van der Waals surface area (Å²) >= 11 is 6.00. The molecule has 1 saturated heterocycles. The van der Waals surface area contributed by atoms with Crippen molar-refractivity contribution in [2.24, 2.45) is 13.0 Å². The van der Waals surface area contributed by atoms with Gasteiger partial charge in [0.25, 0.3) is 0 Å². The molecule has 0 spiro atoms. The van der Waals surface area contributed by atoms with Crippen LogP contribution >= 0.6 is 24.0 Å². The van der Waals surface area contributed by atoms with Crippen molar-refractivity contribution >= 4 is 24.0 Å². The van der Waals surface area contributed by atoms with Gasteiger partial charge in [0, 0.05) is 43.5 Å². The van der Waals surface area contributed by atoms with E-state index < -0.39 is 0 Å². The molecule has 2 heterocycles. The summed E-state index contributed by atoms with van der Waals surface area (Å²) in [5.41, 5.74) is 2.58. The van der Waals surface area contributed by atoms with Gasteiger partial charge in [-0.3, -0.25) is 9.58 Å². The van der Waals surface area contributed by atoms with Crippen molar-refractivity contribution in [1.29, 1.82) is 0 Å². The minimum atomic E-state index is 0. The molecule has 1 aliphatic rings. The van der Waals surface area contributed by atoms with Crippen LogP contribution in [0.2, 0.25) is 5.02 Å². The van der Waals surface area contributed by atoms with E-state index in [1.807, 2.05) is 30.1 Å². The first kappa shape index (κ1) is 19.3. The lowest BCUT2D eigenvalue weighted by molar-refractivity contribution is 0.194. The highest BCUT2D eigenvalue weighted by Gasteiger charge is 2.18. The Labute approximate surface area is 155 Å². The molecule has 132 valence electrons. The van der Waals surface area contributed by atoms with Crippen molar-refractivity contribution in [3.63, 3.8) is 0 Å². The third-order valence-electron chi connectivity index (χ3n) is 4.40. The molecular formula is C18H26Cl2N4. The van der Waals surface area contributed by atoms with Crippen LogP contribution in [0.25, 0.3) is 0 Å². The third-order valence-corrected chi connectivity index (χ3v) is 4.65.